The summed E-state index contributed by atoms with van der Waals surface area (Å²) in [5.74, 6) is -1.09. The van der Waals surface area contributed by atoms with Crippen LogP contribution in [-0.4, -0.2) is 36.8 Å². The van der Waals surface area contributed by atoms with E-state index in [2.05, 4.69) is 21.2 Å². The van der Waals surface area contributed by atoms with Crippen molar-refractivity contribution in [2.45, 2.75) is 11.8 Å². The third kappa shape index (κ3) is 7.72. The molecule has 0 radical (unpaired) electrons. The zero-order valence-corrected chi connectivity index (χ0v) is 13.8. The van der Waals surface area contributed by atoms with Gasteiger partial charge >= 0.3 is 12.0 Å². The first-order valence-corrected chi connectivity index (χ1v) is 7.90. The van der Waals surface area contributed by atoms with Crippen molar-refractivity contribution in [1.82, 2.24) is 10.6 Å². The highest BCUT2D eigenvalue weighted by atomic mass is 79.9. The number of rotatable bonds is 6. The van der Waals surface area contributed by atoms with Crippen LogP contribution in [-0.2, 0) is 14.3 Å². The zero-order valence-electron chi connectivity index (χ0n) is 11.3. The molecule has 114 valence electrons. The third-order valence-corrected chi connectivity index (χ3v) is 3.64. The minimum absolute atomic E-state index is 0.0933. The topological polar surface area (TPSA) is 84.5 Å². The van der Waals surface area contributed by atoms with Crippen molar-refractivity contribution >= 4 is 45.6 Å². The van der Waals surface area contributed by atoms with Crippen molar-refractivity contribution in [2.24, 2.45) is 0 Å². The molecule has 0 spiro atoms. The van der Waals surface area contributed by atoms with Gasteiger partial charge in [0.1, 0.15) is 0 Å². The molecule has 21 heavy (non-hydrogen) atoms. The molecule has 1 aromatic carbocycles. The van der Waals surface area contributed by atoms with Crippen molar-refractivity contribution in [3.63, 3.8) is 0 Å². The number of esters is 1. The van der Waals surface area contributed by atoms with Crippen molar-refractivity contribution in [3.8, 4) is 0 Å². The number of hydrogen-bond donors (Lipinski definition) is 2. The summed E-state index contributed by atoms with van der Waals surface area (Å²) in [7, 11) is 0. The summed E-state index contributed by atoms with van der Waals surface area (Å²) in [5.41, 5.74) is 0. The number of hydrogen-bond acceptors (Lipinski definition) is 5. The first kappa shape index (κ1) is 17.5. The monoisotopic (exact) mass is 374 g/mol. The molecule has 0 saturated carbocycles. The first-order valence-electron chi connectivity index (χ1n) is 6.13. The number of amides is 3. The Balaban J connectivity index is 2.23. The summed E-state index contributed by atoms with van der Waals surface area (Å²) in [5, 5.41) is 4.43. The molecule has 8 heteroatoms. The van der Waals surface area contributed by atoms with E-state index in [-0.39, 0.29) is 5.75 Å². The smallest absolute Gasteiger partial charge is 0.321 e. The highest BCUT2D eigenvalue weighted by molar-refractivity contribution is 9.10. The van der Waals surface area contributed by atoms with Crippen molar-refractivity contribution < 1.29 is 19.1 Å². The maximum atomic E-state index is 11.5. The van der Waals surface area contributed by atoms with E-state index in [0.717, 1.165) is 9.37 Å². The quantitative estimate of drug-likeness (QED) is 0.586. The number of imide groups is 1. The summed E-state index contributed by atoms with van der Waals surface area (Å²) in [6.07, 6.45) is 0. The highest BCUT2D eigenvalue weighted by Crippen LogP contribution is 2.20. The van der Waals surface area contributed by atoms with Gasteiger partial charge in [0, 0.05) is 15.9 Å². The van der Waals surface area contributed by atoms with E-state index < -0.39 is 24.5 Å². The molecular formula is C13H15BrN2O4S. The van der Waals surface area contributed by atoms with Crippen LogP contribution in [0.4, 0.5) is 4.79 Å². The molecule has 0 bridgehead atoms. The molecule has 0 aliphatic rings. The molecule has 0 atom stereocenters. The predicted octanol–water partition coefficient (Wildman–Crippen LogP) is 1.93. The van der Waals surface area contributed by atoms with Crippen molar-refractivity contribution in [1.29, 1.82) is 0 Å². The maximum Gasteiger partial charge on any atom is 0.321 e. The van der Waals surface area contributed by atoms with Gasteiger partial charge in [-0.2, -0.15) is 0 Å². The Kier molecular flexibility index (Phi) is 7.84. The Morgan fingerprint density at radius 1 is 1.24 bits per heavy atom. The first-order chi connectivity index (χ1) is 10.0. The number of ether oxygens (including phenoxy) is 1. The van der Waals surface area contributed by atoms with Crippen LogP contribution < -0.4 is 10.6 Å². The molecule has 0 aromatic heterocycles. The second-order valence-corrected chi connectivity index (χ2v) is 5.78. The van der Waals surface area contributed by atoms with Crippen LogP contribution in [0, 0.1) is 0 Å². The lowest BCUT2D eigenvalue weighted by Gasteiger charge is -2.06. The number of thioether (sulfide) groups is 1. The molecule has 0 fully saturated rings. The average molecular weight is 375 g/mol. The number of halogens is 1. The molecule has 1 aromatic rings. The summed E-state index contributed by atoms with van der Waals surface area (Å²) in [4.78, 5) is 34.7. The summed E-state index contributed by atoms with van der Waals surface area (Å²) in [6.45, 7) is 1.66. The zero-order chi connectivity index (χ0) is 15.7. The second-order valence-electron chi connectivity index (χ2n) is 3.81. The normalized spacial score (nSPS) is 9.81. The van der Waals surface area contributed by atoms with Gasteiger partial charge in [0.25, 0.3) is 5.91 Å². The summed E-state index contributed by atoms with van der Waals surface area (Å²) < 4.78 is 5.72. The van der Waals surface area contributed by atoms with Gasteiger partial charge in [-0.3, -0.25) is 14.9 Å². The Bertz CT molecular complexity index is 507. The Labute approximate surface area is 135 Å². The van der Waals surface area contributed by atoms with Gasteiger partial charge in [-0.25, -0.2) is 4.79 Å². The van der Waals surface area contributed by atoms with Crippen LogP contribution in [0.25, 0.3) is 0 Å². The number of urea groups is 1. The van der Waals surface area contributed by atoms with Gasteiger partial charge in [-0.15, -0.1) is 11.8 Å². The van der Waals surface area contributed by atoms with E-state index in [4.69, 9.17) is 4.74 Å². The number of benzene rings is 1. The van der Waals surface area contributed by atoms with E-state index in [1.807, 2.05) is 29.6 Å². The van der Waals surface area contributed by atoms with Crippen LogP contribution in [0.15, 0.2) is 33.6 Å². The molecule has 0 aliphatic carbocycles. The second kappa shape index (κ2) is 9.41. The number of carbonyl (C=O) groups is 3. The van der Waals surface area contributed by atoms with Crippen LogP contribution in [0.1, 0.15) is 6.92 Å². The van der Waals surface area contributed by atoms with Crippen LogP contribution in [0.5, 0.6) is 0 Å². The van der Waals surface area contributed by atoms with Crippen molar-refractivity contribution in [3.05, 3.63) is 28.7 Å². The van der Waals surface area contributed by atoms with E-state index in [0.29, 0.717) is 6.54 Å². The molecule has 2 N–H and O–H groups in total. The van der Waals surface area contributed by atoms with Gasteiger partial charge in [0.05, 0.1) is 5.75 Å². The van der Waals surface area contributed by atoms with Crippen molar-refractivity contribution in [2.75, 3.05) is 18.9 Å². The summed E-state index contributed by atoms with van der Waals surface area (Å²) >= 11 is 4.62. The molecule has 1 rings (SSSR count). The minimum atomic E-state index is -0.664. The summed E-state index contributed by atoms with van der Waals surface area (Å²) in [6, 6.07) is 6.86. The van der Waals surface area contributed by atoms with E-state index in [1.54, 1.807) is 6.92 Å². The third-order valence-electron chi connectivity index (χ3n) is 2.12. The molecule has 0 aliphatic heterocycles. The fourth-order valence-corrected chi connectivity index (χ4v) is 2.19. The van der Waals surface area contributed by atoms with Gasteiger partial charge in [-0.05, 0) is 31.2 Å². The fraction of sp³-hybridized carbons (Fsp3) is 0.308. The van der Waals surface area contributed by atoms with Gasteiger partial charge in [0.2, 0.25) is 0 Å². The number of carbonyl (C=O) groups excluding carboxylic acids is 3. The van der Waals surface area contributed by atoms with Crippen LogP contribution >= 0.6 is 27.7 Å². The van der Waals surface area contributed by atoms with Crippen LogP contribution in [0.2, 0.25) is 0 Å². The van der Waals surface area contributed by atoms with Crippen LogP contribution in [0.3, 0.4) is 0 Å². The van der Waals surface area contributed by atoms with Gasteiger partial charge < -0.3 is 10.1 Å². The van der Waals surface area contributed by atoms with E-state index in [9.17, 15) is 14.4 Å². The lowest BCUT2D eigenvalue weighted by Crippen LogP contribution is -2.41. The molecule has 3 amide bonds. The lowest BCUT2D eigenvalue weighted by molar-refractivity contribution is -0.145. The Hall–Kier alpha value is -1.54. The minimum Gasteiger partial charge on any atom is -0.455 e. The largest absolute Gasteiger partial charge is 0.455 e. The SMILES string of the molecule is CCNC(=O)NC(=O)COC(=O)CSc1ccc(Br)cc1. The standard InChI is InChI=1S/C13H15BrN2O4S/c1-2-15-13(19)16-11(17)7-20-12(18)8-21-10-5-3-9(14)4-6-10/h3-6H,2,7-8H2,1H3,(H2,15,16,17,19). The Morgan fingerprint density at radius 2 is 1.90 bits per heavy atom. The average Bonchev–Trinajstić information content (AvgIpc) is 2.44. The van der Waals surface area contributed by atoms with Gasteiger partial charge in [0.15, 0.2) is 6.61 Å². The molecule has 6 nitrogen and oxygen atoms in total. The predicted molar refractivity (Wildman–Crippen MR) is 83.0 cm³/mol. The Morgan fingerprint density at radius 3 is 2.52 bits per heavy atom. The van der Waals surface area contributed by atoms with E-state index in [1.165, 1.54) is 11.8 Å². The maximum absolute atomic E-state index is 11.5. The fourth-order valence-electron chi connectivity index (χ4n) is 1.23. The highest BCUT2D eigenvalue weighted by Gasteiger charge is 2.10. The molecule has 0 unspecified atom stereocenters. The molecule has 0 heterocycles. The lowest BCUT2D eigenvalue weighted by atomic mass is 10.4. The molecule has 0 saturated heterocycles. The van der Waals surface area contributed by atoms with E-state index >= 15 is 0 Å². The number of nitrogens with one attached hydrogen (secondary N) is 2. The van der Waals surface area contributed by atoms with Gasteiger partial charge in [-0.1, -0.05) is 15.9 Å². The molecular weight excluding hydrogens is 360 g/mol.